The minimum absolute atomic E-state index is 0.164. The van der Waals surface area contributed by atoms with Crippen molar-refractivity contribution >= 4 is 22.7 Å². The van der Waals surface area contributed by atoms with Gasteiger partial charge in [0, 0.05) is 25.2 Å². The highest BCUT2D eigenvalue weighted by atomic mass is 16.3. The zero-order chi connectivity index (χ0) is 16.0. The van der Waals surface area contributed by atoms with Crippen molar-refractivity contribution in [1.29, 1.82) is 0 Å². The van der Waals surface area contributed by atoms with Crippen LogP contribution in [-0.2, 0) is 7.05 Å². The number of amides is 1. The van der Waals surface area contributed by atoms with Crippen LogP contribution >= 0.6 is 0 Å². The van der Waals surface area contributed by atoms with E-state index < -0.39 is 0 Å². The van der Waals surface area contributed by atoms with Crippen LogP contribution in [0.1, 0.15) is 41.8 Å². The molecule has 0 spiro atoms. The number of furan rings is 1. The highest BCUT2D eigenvalue weighted by molar-refractivity contribution is 6.06. The molecule has 0 aliphatic carbocycles. The largest absolute Gasteiger partial charge is 0.463 e. The second-order valence-corrected chi connectivity index (χ2v) is 5.80. The Kier molecular flexibility index (Phi) is 3.31. The van der Waals surface area contributed by atoms with Crippen molar-refractivity contribution < 1.29 is 9.21 Å². The van der Waals surface area contributed by atoms with E-state index in [1.54, 1.807) is 12.3 Å². The van der Waals surface area contributed by atoms with Crippen LogP contribution in [0.4, 0.5) is 5.69 Å². The van der Waals surface area contributed by atoms with E-state index in [1.807, 2.05) is 36.2 Å². The molecule has 116 valence electrons. The summed E-state index contributed by atoms with van der Waals surface area (Å²) in [6.07, 6.45) is 1.62. The summed E-state index contributed by atoms with van der Waals surface area (Å²) < 4.78 is 9.09. The van der Waals surface area contributed by atoms with Gasteiger partial charge < -0.3 is 14.3 Å². The first-order chi connectivity index (χ1) is 10.4. The lowest BCUT2D eigenvalue weighted by Gasteiger charge is -2.09. The third kappa shape index (κ3) is 2.11. The molecule has 1 N–H and O–H groups in total. The lowest BCUT2D eigenvalue weighted by atomic mass is 10.3. The number of nitrogens with one attached hydrogen (secondary N) is 1. The average Bonchev–Trinajstić information content (AvgIpc) is 3.10. The predicted molar refractivity (Wildman–Crippen MR) is 85.2 cm³/mol. The zero-order valence-corrected chi connectivity index (χ0v) is 13.5. The predicted octanol–water partition coefficient (Wildman–Crippen LogP) is 3.42. The van der Waals surface area contributed by atoms with Crippen molar-refractivity contribution in [1.82, 2.24) is 14.3 Å². The van der Waals surface area contributed by atoms with E-state index in [0.717, 1.165) is 22.6 Å². The molecule has 0 bridgehead atoms. The maximum absolute atomic E-state index is 12.6. The minimum atomic E-state index is -0.164. The van der Waals surface area contributed by atoms with Crippen LogP contribution in [0.25, 0.3) is 11.1 Å². The highest BCUT2D eigenvalue weighted by Crippen LogP contribution is 2.25. The van der Waals surface area contributed by atoms with Crippen LogP contribution in [0, 0.1) is 13.8 Å². The number of aromatic nitrogens is 3. The fourth-order valence-electron chi connectivity index (χ4n) is 2.79. The fourth-order valence-corrected chi connectivity index (χ4v) is 2.79. The van der Waals surface area contributed by atoms with E-state index in [1.165, 1.54) is 0 Å². The van der Waals surface area contributed by atoms with Gasteiger partial charge in [0.2, 0.25) is 0 Å². The van der Waals surface area contributed by atoms with Crippen LogP contribution in [0.5, 0.6) is 0 Å². The third-order valence-electron chi connectivity index (χ3n) is 3.95. The molecule has 6 heteroatoms. The third-order valence-corrected chi connectivity index (χ3v) is 3.95. The number of nitrogens with zero attached hydrogens (tertiary/aromatic N) is 3. The monoisotopic (exact) mass is 300 g/mol. The first-order valence-electron chi connectivity index (χ1n) is 7.30. The Morgan fingerprint density at radius 2 is 2.09 bits per heavy atom. The van der Waals surface area contributed by atoms with Gasteiger partial charge in [0.05, 0.1) is 28.9 Å². The summed E-state index contributed by atoms with van der Waals surface area (Å²) in [6.45, 7) is 8.00. The zero-order valence-electron chi connectivity index (χ0n) is 13.5. The summed E-state index contributed by atoms with van der Waals surface area (Å²) in [6, 6.07) is 3.85. The van der Waals surface area contributed by atoms with E-state index in [0.29, 0.717) is 11.3 Å². The van der Waals surface area contributed by atoms with E-state index >= 15 is 0 Å². The molecule has 0 saturated carbocycles. The Labute approximate surface area is 128 Å². The Hall–Kier alpha value is -2.50. The molecule has 3 heterocycles. The van der Waals surface area contributed by atoms with Crippen molar-refractivity contribution in [3.05, 3.63) is 35.5 Å². The molecule has 3 rings (SSSR count). The summed E-state index contributed by atoms with van der Waals surface area (Å²) in [5.41, 5.74) is 4.72. The molecule has 0 unspecified atom stereocenters. The van der Waals surface area contributed by atoms with Crippen molar-refractivity contribution in [2.45, 2.75) is 33.7 Å². The molecule has 0 aliphatic rings. The molecule has 1 amide bonds. The van der Waals surface area contributed by atoms with Gasteiger partial charge in [-0.05, 0) is 27.7 Å². The quantitative estimate of drug-likeness (QED) is 0.806. The first kappa shape index (κ1) is 14.4. The van der Waals surface area contributed by atoms with Crippen LogP contribution in [0.2, 0.25) is 0 Å². The van der Waals surface area contributed by atoms with Crippen molar-refractivity contribution in [2.75, 3.05) is 5.32 Å². The number of hydrogen-bond acceptors (Lipinski definition) is 3. The van der Waals surface area contributed by atoms with Gasteiger partial charge in [-0.3, -0.25) is 9.48 Å². The maximum atomic E-state index is 12.6. The Morgan fingerprint density at radius 3 is 2.68 bits per heavy atom. The molecular weight excluding hydrogens is 280 g/mol. The molecule has 0 atom stereocenters. The van der Waals surface area contributed by atoms with Crippen LogP contribution in [0.15, 0.2) is 22.8 Å². The standard InChI is InChI=1S/C16H20N4O2/c1-9(2)20-11(4)15(10(3)18-20)17-16(21)13-8-14-12(19(13)5)6-7-22-14/h6-9H,1-5H3,(H,17,21). The minimum Gasteiger partial charge on any atom is -0.463 e. The van der Waals surface area contributed by atoms with Crippen molar-refractivity contribution in [3.63, 3.8) is 0 Å². The van der Waals surface area contributed by atoms with Crippen molar-refractivity contribution in [3.8, 4) is 0 Å². The van der Waals surface area contributed by atoms with Gasteiger partial charge in [-0.25, -0.2) is 0 Å². The van der Waals surface area contributed by atoms with Crippen molar-refractivity contribution in [2.24, 2.45) is 7.05 Å². The van der Waals surface area contributed by atoms with Gasteiger partial charge in [0.15, 0.2) is 5.58 Å². The molecule has 0 radical (unpaired) electrons. The summed E-state index contributed by atoms with van der Waals surface area (Å²) in [5.74, 6) is -0.164. The van der Waals surface area contributed by atoms with Gasteiger partial charge in [-0.2, -0.15) is 5.10 Å². The van der Waals surface area contributed by atoms with Gasteiger partial charge in [-0.15, -0.1) is 0 Å². The number of rotatable bonds is 3. The lowest BCUT2D eigenvalue weighted by molar-refractivity contribution is 0.101. The Bertz CT molecular complexity index is 851. The number of hydrogen-bond donors (Lipinski definition) is 1. The molecule has 0 aliphatic heterocycles. The number of anilines is 1. The van der Waals surface area contributed by atoms with Crippen LogP contribution in [0.3, 0.4) is 0 Å². The van der Waals surface area contributed by atoms with Gasteiger partial charge in [0.1, 0.15) is 5.69 Å². The fraction of sp³-hybridized carbons (Fsp3) is 0.375. The summed E-state index contributed by atoms with van der Waals surface area (Å²) in [4.78, 5) is 12.6. The topological polar surface area (TPSA) is 65.0 Å². The Morgan fingerprint density at radius 1 is 1.36 bits per heavy atom. The molecule has 0 aromatic carbocycles. The lowest BCUT2D eigenvalue weighted by Crippen LogP contribution is -2.16. The van der Waals surface area contributed by atoms with Gasteiger partial charge >= 0.3 is 0 Å². The average molecular weight is 300 g/mol. The summed E-state index contributed by atoms with van der Waals surface area (Å²) in [5, 5.41) is 7.47. The first-order valence-corrected chi connectivity index (χ1v) is 7.30. The number of fused-ring (bicyclic) bond motifs is 1. The normalized spacial score (nSPS) is 11.5. The van der Waals surface area contributed by atoms with Gasteiger partial charge in [-0.1, -0.05) is 0 Å². The van der Waals surface area contributed by atoms with E-state index in [9.17, 15) is 4.79 Å². The number of carbonyl (C=O) groups excluding carboxylic acids is 1. The summed E-state index contributed by atoms with van der Waals surface area (Å²) >= 11 is 0. The molecule has 3 aromatic heterocycles. The SMILES string of the molecule is Cc1nn(C(C)C)c(C)c1NC(=O)c1cc2occc2n1C. The molecule has 22 heavy (non-hydrogen) atoms. The molecule has 3 aromatic rings. The molecular formula is C16H20N4O2. The second kappa shape index (κ2) is 5.05. The number of aryl methyl sites for hydroxylation is 2. The van der Waals surface area contributed by atoms with Crippen LogP contribution in [-0.4, -0.2) is 20.3 Å². The Balaban J connectivity index is 1.94. The molecule has 0 saturated heterocycles. The van der Waals surface area contributed by atoms with Gasteiger partial charge in [0.25, 0.3) is 5.91 Å². The van der Waals surface area contributed by atoms with E-state index in [4.69, 9.17) is 4.42 Å². The summed E-state index contributed by atoms with van der Waals surface area (Å²) in [7, 11) is 1.85. The highest BCUT2D eigenvalue weighted by Gasteiger charge is 2.19. The second-order valence-electron chi connectivity index (χ2n) is 5.80. The smallest absolute Gasteiger partial charge is 0.272 e. The maximum Gasteiger partial charge on any atom is 0.272 e. The molecule has 6 nitrogen and oxygen atoms in total. The van der Waals surface area contributed by atoms with Crippen LogP contribution < -0.4 is 5.32 Å². The molecule has 0 fully saturated rings. The van der Waals surface area contributed by atoms with E-state index in [2.05, 4.69) is 24.3 Å². The number of carbonyl (C=O) groups is 1. The van der Waals surface area contributed by atoms with E-state index in [-0.39, 0.29) is 11.9 Å².